The summed E-state index contributed by atoms with van der Waals surface area (Å²) in [7, 11) is 3.13. The number of H-pyrrole nitrogens is 2. The maximum atomic E-state index is 13.3. The molecule has 11 heteroatoms. The molecular weight excluding hydrogens is 426 g/mol. The van der Waals surface area contributed by atoms with E-state index in [2.05, 4.69) is 30.4 Å². The number of anilines is 1. The number of benzene rings is 1. The second-order valence-electron chi connectivity index (χ2n) is 7.54. The summed E-state index contributed by atoms with van der Waals surface area (Å²) in [6, 6.07) is 3.30. The Morgan fingerprint density at radius 1 is 1.18 bits per heavy atom. The van der Waals surface area contributed by atoms with Crippen molar-refractivity contribution in [2.24, 2.45) is 0 Å². The molecule has 1 atom stereocenters. The molecule has 0 aliphatic rings. The van der Waals surface area contributed by atoms with Crippen LogP contribution >= 0.6 is 0 Å². The molecule has 5 rings (SSSR count). The van der Waals surface area contributed by atoms with Gasteiger partial charge >= 0.3 is 0 Å². The van der Waals surface area contributed by atoms with Gasteiger partial charge in [-0.05, 0) is 13.8 Å². The second-order valence-corrected chi connectivity index (χ2v) is 7.54. The first kappa shape index (κ1) is 20.6. The van der Waals surface area contributed by atoms with E-state index >= 15 is 0 Å². The molecule has 0 unspecified atom stereocenters. The maximum absolute atomic E-state index is 13.3. The van der Waals surface area contributed by atoms with E-state index in [1.807, 2.05) is 13.8 Å². The average molecular weight is 449 g/mol. The number of nitrogens with one attached hydrogen (secondary N) is 3. The highest BCUT2D eigenvalue weighted by Gasteiger charge is 2.23. The lowest BCUT2D eigenvalue weighted by Gasteiger charge is -2.15. The number of rotatable bonds is 7. The number of ether oxygens (including phenoxy) is 2. The number of hydrogen-bond donors (Lipinski definition) is 3. The first-order valence-electron chi connectivity index (χ1n) is 10.4. The van der Waals surface area contributed by atoms with Crippen molar-refractivity contribution < 1.29 is 13.9 Å². The minimum atomic E-state index is -0.300. The van der Waals surface area contributed by atoms with Crippen LogP contribution in [0, 0.1) is 0 Å². The lowest BCUT2D eigenvalue weighted by molar-refractivity contribution is 0.356. The highest BCUT2D eigenvalue weighted by molar-refractivity contribution is 5.96. The van der Waals surface area contributed by atoms with Crippen LogP contribution in [0.1, 0.15) is 25.6 Å². The van der Waals surface area contributed by atoms with Crippen LogP contribution in [0.25, 0.3) is 33.5 Å². The van der Waals surface area contributed by atoms with Crippen LogP contribution < -0.4 is 20.3 Å². The zero-order valence-corrected chi connectivity index (χ0v) is 18.6. The normalized spacial score (nSPS) is 12.4. The molecule has 11 nitrogen and oxygen atoms in total. The molecule has 170 valence electrons. The van der Waals surface area contributed by atoms with Gasteiger partial charge in [-0.15, -0.1) is 0 Å². The van der Waals surface area contributed by atoms with Crippen LogP contribution in [0.5, 0.6) is 11.5 Å². The van der Waals surface area contributed by atoms with Crippen molar-refractivity contribution >= 4 is 27.8 Å². The number of methoxy groups -OCH3 is 2. The van der Waals surface area contributed by atoms with E-state index in [1.54, 1.807) is 43.5 Å². The van der Waals surface area contributed by atoms with Gasteiger partial charge in [-0.1, -0.05) is 0 Å². The van der Waals surface area contributed by atoms with Crippen molar-refractivity contribution in [1.29, 1.82) is 0 Å². The first-order chi connectivity index (χ1) is 16.0. The van der Waals surface area contributed by atoms with E-state index in [0.29, 0.717) is 62.9 Å². The van der Waals surface area contributed by atoms with Crippen molar-refractivity contribution in [3.05, 3.63) is 47.0 Å². The third-order valence-corrected chi connectivity index (χ3v) is 5.53. The van der Waals surface area contributed by atoms with Crippen LogP contribution in [-0.2, 0) is 6.54 Å². The molecule has 0 radical (unpaired) electrons. The summed E-state index contributed by atoms with van der Waals surface area (Å²) in [6.45, 7) is 4.57. The van der Waals surface area contributed by atoms with Gasteiger partial charge in [-0.3, -0.25) is 9.48 Å². The standard InChI is InChI=1S/C22H23N7O4/c1-5-29-8-14-19(28-29)20(24-11(2)15-9-33-10-23-15)18(22(30)27-14)21-25-12-6-16(31-3)17(32-4)7-13(12)26-21/h6-11,24H,5H2,1-4H3,(H,25,26)(H,27,30)/t11-/m1/s1. The van der Waals surface area contributed by atoms with E-state index in [0.717, 1.165) is 0 Å². The number of aromatic amines is 2. The van der Waals surface area contributed by atoms with Crippen molar-refractivity contribution in [3.63, 3.8) is 0 Å². The van der Waals surface area contributed by atoms with Crippen LogP contribution in [0.2, 0.25) is 0 Å². The fraction of sp³-hybridized carbons (Fsp3) is 0.273. The van der Waals surface area contributed by atoms with Crippen LogP contribution in [0.15, 0.2) is 40.2 Å². The predicted molar refractivity (Wildman–Crippen MR) is 123 cm³/mol. The Bertz CT molecular complexity index is 1460. The highest BCUT2D eigenvalue weighted by atomic mass is 16.5. The number of fused-ring (bicyclic) bond motifs is 2. The van der Waals surface area contributed by atoms with Crippen molar-refractivity contribution in [3.8, 4) is 22.9 Å². The predicted octanol–water partition coefficient (Wildman–Crippen LogP) is 3.47. The Kier molecular flexibility index (Phi) is 5.00. The third kappa shape index (κ3) is 3.47. The molecule has 33 heavy (non-hydrogen) atoms. The average Bonchev–Trinajstić information content (AvgIpc) is 3.56. The minimum Gasteiger partial charge on any atom is -0.493 e. The molecule has 0 bridgehead atoms. The summed E-state index contributed by atoms with van der Waals surface area (Å²) in [5.74, 6) is 1.50. The van der Waals surface area contributed by atoms with Crippen LogP contribution in [-0.4, -0.2) is 43.9 Å². The monoisotopic (exact) mass is 449 g/mol. The van der Waals surface area contributed by atoms with E-state index in [1.165, 1.54) is 6.39 Å². The van der Waals surface area contributed by atoms with Crippen LogP contribution in [0.3, 0.4) is 0 Å². The molecule has 5 aromatic rings. The number of nitrogens with zero attached hydrogens (tertiary/aromatic N) is 4. The molecule has 0 fully saturated rings. The molecule has 4 heterocycles. The summed E-state index contributed by atoms with van der Waals surface area (Å²) < 4.78 is 17.7. The van der Waals surface area contributed by atoms with E-state index in [4.69, 9.17) is 13.9 Å². The molecule has 3 N–H and O–H groups in total. The summed E-state index contributed by atoms with van der Waals surface area (Å²) in [5.41, 5.74) is 3.88. The molecule has 1 aromatic carbocycles. The lowest BCUT2D eigenvalue weighted by atomic mass is 10.1. The van der Waals surface area contributed by atoms with Gasteiger partial charge in [-0.25, -0.2) is 9.97 Å². The van der Waals surface area contributed by atoms with E-state index < -0.39 is 0 Å². The summed E-state index contributed by atoms with van der Waals surface area (Å²) >= 11 is 0. The number of imidazole rings is 1. The van der Waals surface area contributed by atoms with Gasteiger partial charge in [0.1, 0.15) is 28.9 Å². The van der Waals surface area contributed by atoms with Gasteiger partial charge in [0, 0.05) is 24.9 Å². The van der Waals surface area contributed by atoms with E-state index in [-0.39, 0.29) is 11.6 Å². The molecule has 0 amide bonds. The van der Waals surface area contributed by atoms with Crippen LogP contribution in [0.4, 0.5) is 5.69 Å². The third-order valence-electron chi connectivity index (χ3n) is 5.53. The minimum absolute atomic E-state index is 0.246. The fourth-order valence-electron chi connectivity index (χ4n) is 3.82. The second kappa shape index (κ2) is 8.01. The van der Waals surface area contributed by atoms with Crippen molar-refractivity contribution in [1.82, 2.24) is 29.7 Å². The van der Waals surface area contributed by atoms with Gasteiger partial charge in [0.15, 0.2) is 17.9 Å². The molecule has 0 aliphatic carbocycles. The van der Waals surface area contributed by atoms with Gasteiger partial charge in [0.2, 0.25) is 0 Å². The number of hydrogen-bond acceptors (Lipinski definition) is 8. The zero-order chi connectivity index (χ0) is 23.1. The van der Waals surface area contributed by atoms with E-state index in [9.17, 15) is 4.79 Å². The molecule has 0 saturated carbocycles. The van der Waals surface area contributed by atoms with Gasteiger partial charge < -0.3 is 29.2 Å². The molecular formula is C22H23N7O4. The molecule has 0 aliphatic heterocycles. The maximum Gasteiger partial charge on any atom is 0.261 e. The quantitative estimate of drug-likeness (QED) is 0.344. The first-order valence-corrected chi connectivity index (χ1v) is 10.4. The highest BCUT2D eigenvalue weighted by Crippen LogP contribution is 2.35. The Labute approximate surface area is 187 Å². The largest absolute Gasteiger partial charge is 0.493 e. The van der Waals surface area contributed by atoms with Crippen molar-refractivity contribution in [2.75, 3.05) is 19.5 Å². The Morgan fingerprint density at radius 3 is 2.67 bits per heavy atom. The lowest BCUT2D eigenvalue weighted by Crippen LogP contribution is -2.16. The molecule has 4 aromatic heterocycles. The Morgan fingerprint density at radius 2 is 1.97 bits per heavy atom. The van der Waals surface area contributed by atoms with Gasteiger partial charge in [0.25, 0.3) is 5.56 Å². The summed E-state index contributed by atoms with van der Waals surface area (Å²) in [6.07, 6.45) is 4.74. The Balaban J connectivity index is 1.73. The SMILES string of the molecule is CCn1cc2[nH]c(=O)c(-c3nc4cc(OC)c(OC)cc4[nH]3)c(N[C@H](C)c3cocn3)c2n1. The molecule has 0 saturated heterocycles. The number of oxazole rings is 1. The Hall–Kier alpha value is -4.28. The topological polar surface area (TPSA) is 136 Å². The number of aromatic nitrogens is 6. The van der Waals surface area contributed by atoms with Gasteiger partial charge in [0.05, 0.1) is 42.5 Å². The van der Waals surface area contributed by atoms with Gasteiger partial charge in [-0.2, -0.15) is 5.10 Å². The fourth-order valence-corrected chi connectivity index (χ4v) is 3.82. The zero-order valence-electron chi connectivity index (χ0n) is 18.6. The summed E-state index contributed by atoms with van der Waals surface area (Å²) in [5, 5.41) is 8.05. The smallest absolute Gasteiger partial charge is 0.261 e. The van der Waals surface area contributed by atoms with Crippen molar-refractivity contribution in [2.45, 2.75) is 26.4 Å². The number of pyridine rings is 1. The number of aryl methyl sites for hydroxylation is 1. The molecule has 0 spiro atoms. The summed E-state index contributed by atoms with van der Waals surface area (Å²) in [4.78, 5) is 28.3.